The lowest BCUT2D eigenvalue weighted by atomic mass is 10.2. The van der Waals surface area contributed by atoms with Gasteiger partial charge in [0.1, 0.15) is 30.6 Å². The number of nitrogens with zero attached hydrogens (tertiary/aromatic N) is 1. The van der Waals surface area contributed by atoms with Crippen LogP contribution in [-0.2, 0) is 27.5 Å². The molecule has 9 nitrogen and oxygen atoms in total. The van der Waals surface area contributed by atoms with Crippen molar-refractivity contribution >= 4 is 29.4 Å². The zero-order chi connectivity index (χ0) is 24.2. The Bertz CT molecular complexity index is 938. The fraction of sp³-hybridized carbons (Fsp3) is 0.286. The van der Waals surface area contributed by atoms with Crippen LogP contribution in [0.3, 0.4) is 0 Å². The van der Waals surface area contributed by atoms with Crippen LogP contribution in [-0.4, -0.2) is 59.3 Å². The van der Waals surface area contributed by atoms with Crippen molar-refractivity contribution < 1.29 is 42.9 Å². The average molecular weight is 484 g/mol. The summed E-state index contributed by atoms with van der Waals surface area (Å²) < 4.78 is 38.7. The first-order chi connectivity index (χ1) is 15.8. The first-order valence-corrected chi connectivity index (χ1v) is 10.5. The predicted octanol–water partition coefficient (Wildman–Crippen LogP) is 2.86. The fourth-order valence-corrected chi connectivity index (χ4v) is 3.18. The molecule has 3 N–H and O–H groups in total. The maximum atomic E-state index is 14.1. The third kappa shape index (κ3) is 9.25. The van der Waals surface area contributed by atoms with Crippen LogP contribution in [0.15, 0.2) is 41.8 Å². The maximum absolute atomic E-state index is 14.1. The smallest absolute Gasteiger partial charge is 0.410 e. The van der Waals surface area contributed by atoms with Gasteiger partial charge in [-0.2, -0.15) is 0 Å². The second-order valence-electron chi connectivity index (χ2n) is 6.53. The topological polar surface area (TPSA) is 125 Å². The molecule has 0 radical (unpaired) electrons. The van der Waals surface area contributed by atoms with Crippen LogP contribution in [0.4, 0.5) is 13.6 Å². The minimum absolute atomic E-state index is 0.0978. The number of hydrogen-bond acceptors (Lipinski definition) is 7. The van der Waals surface area contributed by atoms with Gasteiger partial charge in [0.25, 0.3) is 0 Å². The van der Waals surface area contributed by atoms with Crippen molar-refractivity contribution in [3.05, 3.63) is 63.9 Å². The second kappa shape index (κ2) is 13.1. The van der Waals surface area contributed by atoms with E-state index in [9.17, 15) is 23.2 Å². The van der Waals surface area contributed by atoms with Gasteiger partial charge >= 0.3 is 18.0 Å². The molecule has 1 amide bonds. The highest BCUT2D eigenvalue weighted by atomic mass is 32.1. The number of hydrogen-bond donors (Lipinski definition) is 3. The molecular weight excluding hydrogens is 462 g/mol. The van der Waals surface area contributed by atoms with E-state index in [1.807, 2.05) is 17.5 Å². The van der Waals surface area contributed by atoms with Gasteiger partial charge in [0.15, 0.2) is 0 Å². The van der Waals surface area contributed by atoms with E-state index in [4.69, 9.17) is 19.7 Å². The molecule has 2 heterocycles. The SMILES string of the molecule is O=C(O)/C=C/C(=O)O.O=C(OCc1c(F)cc(OCc2cccs2)cc1F)N1CCNCC1. The number of thiophene rings is 1. The molecule has 1 saturated heterocycles. The number of amides is 1. The minimum atomic E-state index is -1.26. The molecule has 0 bridgehead atoms. The van der Waals surface area contributed by atoms with Crippen molar-refractivity contribution in [1.29, 1.82) is 0 Å². The lowest BCUT2D eigenvalue weighted by Crippen LogP contribution is -2.46. The molecule has 0 aliphatic carbocycles. The molecular formula is C21H22F2N2O7S. The highest BCUT2D eigenvalue weighted by molar-refractivity contribution is 7.09. The van der Waals surface area contributed by atoms with Gasteiger partial charge in [-0.25, -0.2) is 23.2 Å². The summed E-state index contributed by atoms with van der Waals surface area (Å²) in [7, 11) is 0. The van der Waals surface area contributed by atoms with Gasteiger partial charge in [-0.3, -0.25) is 0 Å². The van der Waals surface area contributed by atoms with Crippen LogP contribution < -0.4 is 10.1 Å². The lowest BCUT2D eigenvalue weighted by molar-refractivity contribution is -0.134. The summed E-state index contributed by atoms with van der Waals surface area (Å²) in [5.74, 6) is -4.01. The Balaban J connectivity index is 0.000000414. The van der Waals surface area contributed by atoms with Crippen molar-refractivity contribution in [3.8, 4) is 5.75 Å². The number of carboxylic acid groups (broad SMARTS) is 2. The van der Waals surface area contributed by atoms with Crippen molar-refractivity contribution in [2.75, 3.05) is 26.2 Å². The standard InChI is InChI=1S/C17H18F2N2O3S.C4H4O4/c18-15-8-12(23-10-13-2-1-7-25-13)9-16(19)14(15)11-24-17(22)21-5-3-20-4-6-21;5-3(6)1-2-4(7)8/h1-2,7-9,20H,3-6,10-11H2;1-2H,(H,5,6)(H,7,8)/b;2-1+. The van der Waals surface area contributed by atoms with Gasteiger partial charge in [-0.05, 0) is 11.4 Å². The number of ether oxygens (including phenoxy) is 2. The minimum Gasteiger partial charge on any atom is -0.488 e. The van der Waals surface area contributed by atoms with Crippen molar-refractivity contribution in [1.82, 2.24) is 10.2 Å². The first-order valence-electron chi connectivity index (χ1n) is 9.65. The number of carbonyl (C=O) groups is 3. The Morgan fingerprint density at radius 3 is 2.18 bits per heavy atom. The van der Waals surface area contributed by atoms with Crippen molar-refractivity contribution in [2.24, 2.45) is 0 Å². The molecule has 1 aromatic heterocycles. The second-order valence-corrected chi connectivity index (χ2v) is 7.57. The maximum Gasteiger partial charge on any atom is 0.410 e. The van der Waals surface area contributed by atoms with Crippen LogP contribution in [0, 0.1) is 11.6 Å². The Hall–Kier alpha value is -3.51. The number of piperazine rings is 1. The Morgan fingerprint density at radius 2 is 1.67 bits per heavy atom. The number of benzene rings is 1. The van der Waals surface area contributed by atoms with Crippen LogP contribution in [0.5, 0.6) is 5.75 Å². The van der Waals surface area contributed by atoms with Gasteiger partial charge in [0.05, 0.1) is 5.56 Å². The molecule has 1 aliphatic rings. The molecule has 0 atom stereocenters. The van der Waals surface area contributed by atoms with Crippen LogP contribution in [0.2, 0.25) is 0 Å². The molecule has 2 aromatic rings. The molecule has 178 valence electrons. The fourth-order valence-electron chi connectivity index (χ4n) is 2.57. The van der Waals surface area contributed by atoms with E-state index >= 15 is 0 Å². The van der Waals surface area contributed by atoms with Crippen LogP contribution in [0.1, 0.15) is 10.4 Å². The quantitative estimate of drug-likeness (QED) is 0.513. The Kier molecular flexibility index (Phi) is 10.2. The van der Waals surface area contributed by atoms with Gasteiger partial charge in [-0.1, -0.05) is 6.07 Å². The zero-order valence-corrected chi connectivity index (χ0v) is 18.1. The van der Waals surface area contributed by atoms with Gasteiger partial charge in [0.2, 0.25) is 0 Å². The van der Waals surface area contributed by atoms with Crippen LogP contribution in [0.25, 0.3) is 0 Å². The predicted molar refractivity (Wildman–Crippen MR) is 114 cm³/mol. The summed E-state index contributed by atoms with van der Waals surface area (Å²) in [6.07, 6.45) is 0.545. The van der Waals surface area contributed by atoms with Gasteiger partial charge in [-0.15, -0.1) is 11.3 Å². The number of rotatable bonds is 7. The number of carbonyl (C=O) groups excluding carboxylic acids is 1. The van der Waals surface area contributed by atoms with E-state index in [0.29, 0.717) is 38.3 Å². The monoisotopic (exact) mass is 484 g/mol. The summed E-state index contributed by atoms with van der Waals surface area (Å²) in [5.41, 5.74) is -0.285. The van der Waals surface area contributed by atoms with Crippen molar-refractivity contribution in [3.63, 3.8) is 0 Å². The Morgan fingerprint density at radius 1 is 1.06 bits per heavy atom. The van der Waals surface area contributed by atoms with E-state index in [1.165, 1.54) is 16.2 Å². The van der Waals surface area contributed by atoms with E-state index in [0.717, 1.165) is 17.0 Å². The van der Waals surface area contributed by atoms with E-state index < -0.39 is 36.3 Å². The number of nitrogens with one attached hydrogen (secondary N) is 1. The average Bonchev–Trinajstić information content (AvgIpc) is 3.30. The first kappa shape index (κ1) is 25.7. The molecule has 12 heteroatoms. The lowest BCUT2D eigenvalue weighted by Gasteiger charge is -2.26. The summed E-state index contributed by atoms with van der Waals surface area (Å²) >= 11 is 1.50. The van der Waals surface area contributed by atoms with Crippen molar-refractivity contribution in [2.45, 2.75) is 13.2 Å². The van der Waals surface area contributed by atoms with Gasteiger partial charge in [0, 0.05) is 55.3 Å². The number of carboxylic acids is 2. The Labute approximate surface area is 191 Å². The normalized spacial score (nSPS) is 13.2. The molecule has 0 saturated carbocycles. The highest BCUT2D eigenvalue weighted by Crippen LogP contribution is 2.23. The van der Waals surface area contributed by atoms with E-state index in [2.05, 4.69) is 5.32 Å². The van der Waals surface area contributed by atoms with E-state index in [-0.39, 0.29) is 17.9 Å². The molecule has 3 rings (SSSR count). The van der Waals surface area contributed by atoms with Gasteiger partial charge < -0.3 is 29.9 Å². The number of aliphatic carboxylic acids is 2. The highest BCUT2D eigenvalue weighted by Gasteiger charge is 2.20. The molecule has 1 aromatic carbocycles. The molecule has 1 fully saturated rings. The molecule has 33 heavy (non-hydrogen) atoms. The van der Waals surface area contributed by atoms with Crippen LogP contribution >= 0.6 is 11.3 Å². The third-order valence-corrected chi connectivity index (χ3v) is 5.01. The molecule has 0 unspecified atom stereocenters. The third-order valence-electron chi connectivity index (χ3n) is 4.16. The summed E-state index contributed by atoms with van der Waals surface area (Å²) in [5, 5.41) is 20.6. The molecule has 1 aliphatic heterocycles. The number of halogens is 2. The summed E-state index contributed by atoms with van der Waals surface area (Å²) in [4.78, 5) is 33.5. The van der Waals surface area contributed by atoms with E-state index in [1.54, 1.807) is 0 Å². The molecule has 0 spiro atoms. The summed E-state index contributed by atoms with van der Waals surface area (Å²) in [6, 6.07) is 5.96. The zero-order valence-electron chi connectivity index (χ0n) is 17.3. The summed E-state index contributed by atoms with van der Waals surface area (Å²) in [6.45, 7) is 2.17. The largest absolute Gasteiger partial charge is 0.488 e.